The van der Waals surface area contributed by atoms with Crippen LogP contribution in [0.15, 0.2) is 53.0 Å². The van der Waals surface area contributed by atoms with Gasteiger partial charge in [0.25, 0.3) is 0 Å². The van der Waals surface area contributed by atoms with Gasteiger partial charge in [-0.2, -0.15) is 0 Å². The van der Waals surface area contributed by atoms with E-state index in [4.69, 9.17) is 11.2 Å². The van der Waals surface area contributed by atoms with E-state index in [2.05, 4.69) is 21.9 Å². The first kappa shape index (κ1) is 11.8. The molecule has 0 spiro atoms. The van der Waals surface area contributed by atoms with Gasteiger partial charge in [-0.15, -0.1) is 6.42 Å². The predicted octanol–water partition coefficient (Wildman–Crippen LogP) is 4.43. The van der Waals surface area contributed by atoms with E-state index in [1.807, 2.05) is 48.5 Å². The van der Waals surface area contributed by atoms with Gasteiger partial charge in [-0.05, 0) is 42.0 Å². The van der Waals surface area contributed by atoms with Crippen molar-refractivity contribution in [1.82, 2.24) is 0 Å². The fourth-order valence-electron chi connectivity index (χ4n) is 1.40. The molecule has 2 heteroatoms. The Morgan fingerprint density at radius 3 is 2.53 bits per heavy atom. The average Bonchev–Trinajstić information content (AvgIpc) is 2.33. The Morgan fingerprint density at radius 1 is 1.06 bits per heavy atom. The molecule has 1 nitrogen and oxygen atoms in total. The molecule has 2 rings (SSSR count). The van der Waals surface area contributed by atoms with E-state index in [0.717, 1.165) is 21.5 Å². The largest absolute Gasteiger partial charge is 0.457 e. The summed E-state index contributed by atoms with van der Waals surface area (Å²) in [4.78, 5) is 0. The van der Waals surface area contributed by atoms with Gasteiger partial charge in [0.1, 0.15) is 11.5 Å². The Hall–Kier alpha value is -1.72. The standard InChI is InChI=1S/C15H10BrO/c1-2-4-12-5-3-6-15(11-12)17-14-9-7-13(16)8-10-14/h1,3-11H. The van der Waals surface area contributed by atoms with E-state index in [1.54, 1.807) is 6.42 Å². The Balaban J connectivity index is 2.16. The molecule has 0 unspecified atom stereocenters. The van der Waals surface area contributed by atoms with Crippen LogP contribution in [0.25, 0.3) is 0 Å². The maximum absolute atomic E-state index is 5.71. The van der Waals surface area contributed by atoms with Crippen molar-refractivity contribution >= 4 is 15.9 Å². The highest BCUT2D eigenvalue weighted by Gasteiger charge is 1.98. The molecule has 0 amide bonds. The zero-order valence-corrected chi connectivity index (χ0v) is 10.6. The van der Waals surface area contributed by atoms with Gasteiger partial charge in [-0.3, -0.25) is 0 Å². The Kier molecular flexibility index (Phi) is 3.85. The molecular formula is C15H10BrO. The first-order valence-electron chi connectivity index (χ1n) is 5.11. The van der Waals surface area contributed by atoms with Crippen LogP contribution in [0, 0.1) is 18.8 Å². The van der Waals surface area contributed by atoms with Crippen LogP contribution in [0.4, 0.5) is 0 Å². The van der Waals surface area contributed by atoms with E-state index in [-0.39, 0.29) is 0 Å². The molecule has 0 saturated carbocycles. The zero-order chi connectivity index (χ0) is 12.1. The van der Waals surface area contributed by atoms with Crippen LogP contribution in [0.1, 0.15) is 5.56 Å². The lowest BCUT2D eigenvalue weighted by atomic mass is 10.1. The van der Waals surface area contributed by atoms with Gasteiger partial charge in [0, 0.05) is 4.47 Å². The van der Waals surface area contributed by atoms with Gasteiger partial charge in [0.2, 0.25) is 0 Å². The van der Waals surface area contributed by atoms with Crippen LogP contribution < -0.4 is 4.74 Å². The van der Waals surface area contributed by atoms with E-state index < -0.39 is 0 Å². The van der Waals surface area contributed by atoms with Crippen LogP contribution in [0.5, 0.6) is 11.5 Å². The topological polar surface area (TPSA) is 9.23 Å². The SMILES string of the molecule is C#C[CH]c1cccc(Oc2ccc(Br)cc2)c1. The second kappa shape index (κ2) is 5.56. The fourth-order valence-corrected chi connectivity index (χ4v) is 1.67. The summed E-state index contributed by atoms with van der Waals surface area (Å²) in [6.45, 7) is 0. The van der Waals surface area contributed by atoms with Crippen molar-refractivity contribution in [3.8, 4) is 23.8 Å². The van der Waals surface area contributed by atoms with E-state index >= 15 is 0 Å². The van der Waals surface area contributed by atoms with E-state index in [1.165, 1.54) is 0 Å². The van der Waals surface area contributed by atoms with Crippen LogP contribution in [-0.2, 0) is 0 Å². The molecular weight excluding hydrogens is 276 g/mol. The summed E-state index contributed by atoms with van der Waals surface area (Å²) in [6.07, 6.45) is 6.93. The second-order valence-electron chi connectivity index (χ2n) is 3.44. The summed E-state index contributed by atoms with van der Waals surface area (Å²) < 4.78 is 6.74. The van der Waals surface area contributed by atoms with Crippen LogP contribution >= 0.6 is 15.9 Å². The van der Waals surface area contributed by atoms with Gasteiger partial charge in [0.05, 0.1) is 6.42 Å². The van der Waals surface area contributed by atoms with Crippen molar-refractivity contribution in [1.29, 1.82) is 0 Å². The average molecular weight is 286 g/mol. The number of rotatable bonds is 3. The molecule has 0 aliphatic carbocycles. The highest BCUT2D eigenvalue weighted by molar-refractivity contribution is 9.10. The molecule has 0 aliphatic heterocycles. The summed E-state index contributed by atoms with van der Waals surface area (Å²) in [6, 6.07) is 15.3. The summed E-state index contributed by atoms with van der Waals surface area (Å²) in [5, 5.41) is 0. The maximum Gasteiger partial charge on any atom is 0.127 e. The molecule has 0 saturated heterocycles. The van der Waals surface area contributed by atoms with Crippen LogP contribution in [0.3, 0.4) is 0 Å². The first-order valence-corrected chi connectivity index (χ1v) is 5.90. The third-order valence-electron chi connectivity index (χ3n) is 2.16. The summed E-state index contributed by atoms with van der Waals surface area (Å²) in [7, 11) is 0. The molecule has 17 heavy (non-hydrogen) atoms. The third kappa shape index (κ3) is 3.37. The molecule has 83 valence electrons. The predicted molar refractivity (Wildman–Crippen MR) is 72.9 cm³/mol. The Morgan fingerprint density at radius 2 is 1.82 bits per heavy atom. The minimum absolute atomic E-state index is 0.774. The number of ether oxygens (including phenoxy) is 1. The van der Waals surface area contributed by atoms with Crippen molar-refractivity contribution in [2.75, 3.05) is 0 Å². The highest BCUT2D eigenvalue weighted by atomic mass is 79.9. The molecule has 0 aromatic heterocycles. The Bertz CT molecular complexity index is 538. The number of hydrogen-bond acceptors (Lipinski definition) is 1. The normalized spacial score (nSPS) is 9.65. The molecule has 0 bridgehead atoms. The molecule has 0 N–H and O–H groups in total. The summed E-state index contributed by atoms with van der Waals surface area (Å²) in [5.41, 5.74) is 0.960. The monoisotopic (exact) mass is 285 g/mol. The molecule has 0 atom stereocenters. The summed E-state index contributed by atoms with van der Waals surface area (Å²) in [5.74, 6) is 4.07. The smallest absolute Gasteiger partial charge is 0.127 e. The lowest BCUT2D eigenvalue weighted by Crippen LogP contribution is -1.85. The van der Waals surface area contributed by atoms with Crippen molar-refractivity contribution < 1.29 is 4.74 Å². The first-order chi connectivity index (χ1) is 8.28. The molecule has 0 aliphatic rings. The van der Waals surface area contributed by atoms with Gasteiger partial charge < -0.3 is 4.74 Å². The third-order valence-corrected chi connectivity index (χ3v) is 2.69. The fraction of sp³-hybridized carbons (Fsp3) is 0. The van der Waals surface area contributed by atoms with Crippen molar-refractivity contribution in [2.45, 2.75) is 0 Å². The van der Waals surface area contributed by atoms with E-state index in [9.17, 15) is 0 Å². The lowest BCUT2D eigenvalue weighted by Gasteiger charge is -2.06. The Labute approximate surface area is 110 Å². The van der Waals surface area contributed by atoms with Gasteiger partial charge >= 0.3 is 0 Å². The molecule has 0 fully saturated rings. The number of terminal acetylenes is 1. The number of benzene rings is 2. The van der Waals surface area contributed by atoms with Crippen molar-refractivity contribution in [3.05, 3.63) is 65.0 Å². The van der Waals surface area contributed by atoms with Gasteiger partial charge in [0.15, 0.2) is 0 Å². The number of halogens is 1. The van der Waals surface area contributed by atoms with Crippen LogP contribution in [-0.4, -0.2) is 0 Å². The second-order valence-corrected chi connectivity index (χ2v) is 4.36. The van der Waals surface area contributed by atoms with Gasteiger partial charge in [-0.1, -0.05) is 34.0 Å². The number of hydrogen-bond donors (Lipinski definition) is 0. The van der Waals surface area contributed by atoms with Crippen molar-refractivity contribution in [2.24, 2.45) is 0 Å². The molecule has 2 aromatic rings. The maximum atomic E-state index is 5.71. The van der Waals surface area contributed by atoms with Crippen LogP contribution in [0.2, 0.25) is 0 Å². The lowest BCUT2D eigenvalue weighted by molar-refractivity contribution is 0.482. The molecule has 0 heterocycles. The van der Waals surface area contributed by atoms with Gasteiger partial charge in [-0.25, -0.2) is 0 Å². The zero-order valence-electron chi connectivity index (χ0n) is 9.06. The molecule has 2 aromatic carbocycles. The quantitative estimate of drug-likeness (QED) is 0.758. The molecule has 1 radical (unpaired) electrons. The van der Waals surface area contributed by atoms with E-state index in [0.29, 0.717) is 0 Å². The minimum Gasteiger partial charge on any atom is -0.457 e. The van der Waals surface area contributed by atoms with Crippen molar-refractivity contribution in [3.63, 3.8) is 0 Å². The summed E-state index contributed by atoms with van der Waals surface area (Å²) >= 11 is 3.38. The minimum atomic E-state index is 0.774. The highest BCUT2D eigenvalue weighted by Crippen LogP contribution is 2.24.